The quantitative estimate of drug-likeness (QED) is 0.311. The molecule has 6 rings (SSSR count). The van der Waals surface area contributed by atoms with Crippen LogP contribution >= 0.6 is 0 Å². The number of hydroxylamine groups is 1. The predicted molar refractivity (Wildman–Crippen MR) is 146 cm³/mol. The number of imidazole rings is 1. The zero-order chi connectivity index (χ0) is 26.9. The number of nitrogens with zero attached hydrogens (tertiary/aromatic N) is 6. The van der Waals surface area contributed by atoms with Crippen LogP contribution in [0.15, 0.2) is 18.6 Å². The number of fused-ring (bicyclic) bond motifs is 1. The van der Waals surface area contributed by atoms with Gasteiger partial charge in [0.2, 0.25) is 5.95 Å². The maximum atomic E-state index is 11.7. The number of hydrogen-bond donors (Lipinski definition) is 4. The Morgan fingerprint density at radius 2 is 1.90 bits per heavy atom. The second-order valence-electron chi connectivity index (χ2n) is 11.5. The summed E-state index contributed by atoms with van der Waals surface area (Å²) in [5.41, 5.74) is 4.96. The van der Waals surface area contributed by atoms with Crippen molar-refractivity contribution < 1.29 is 9.63 Å². The van der Waals surface area contributed by atoms with E-state index in [0.717, 1.165) is 35.4 Å². The number of carbonyl (C=O) groups is 1. The molecule has 208 valence electrons. The van der Waals surface area contributed by atoms with Gasteiger partial charge in [0.25, 0.3) is 0 Å². The molecule has 1 saturated heterocycles. The van der Waals surface area contributed by atoms with Crippen LogP contribution < -0.4 is 21.4 Å². The van der Waals surface area contributed by atoms with E-state index in [1.54, 1.807) is 18.6 Å². The molecule has 3 aromatic rings. The van der Waals surface area contributed by atoms with Gasteiger partial charge in [-0.3, -0.25) is 15.3 Å². The molecule has 0 aromatic carbocycles. The molecule has 0 bridgehead atoms. The molecule has 3 aliphatic rings. The summed E-state index contributed by atoms with van der Waals surface area (Å²) in [4.78, 5) is 40.1. The fourth-order valence-electron chi connectivity index (χ4n) is 5.82. The van der Waals surface area contributed by atoms with Gasteiger partial charge in [0.15, 0.2) is 23.5 Å². The van der Waals surface area contributed by atoms with Gasteiger partial charge in [-0.15, -0.1) is 5.48 Å². The number of rotatable bonds is 9. The van der Waals surface area contributed by atoms with Gasteiger partial charge < -0.3 is 20.0 Å². The maximum Gasteiger partial charge on any atom is 0.427 e. The Balaban J connectivity index is 1.42. The Bertz CT molecular complexity index is 1300. The first-order chi connectivity index (χ1) is 18.9. The standard InChI is InChI=1S/C27H38N10O2/c1-15-7-9-18(10-8-15)14-37-21-22(30-16(2)19-5-4-6-19)32-24(25-35-27(38)39-36-25)33-23(21)34-26(37)31-17(3)20-13-28-11-12-29-20/h11-13,15-19,25,36H,4-10,14H2,1-3H3,(H,35,38)(H2,30,31,32,33,34)/t15?,16-,17?,18?,25?/m1/s1. The van der Waals surface area contributed by atoms with Crippen molar-refractivity contribution in [3.63, 3.8) is 0 Å². The number of hydrogen-bond acceptors (Lipinski definition) is 10. The van der Waals surface area contributed by atoms with Gasteiger partial charge in [0.1, 0.15) is 5.52 Å². The Kier molecular flexibility index (Phi) is 7.20. The smallest absolute Gasteiger partial charge is 0.365 e. The fourth-order valence-corrected chi connectivity index (χ4v) is 5.82. The third-order valence-electron chi connectivity index (χ3n) is 8.58. The molecule has 1 aliphatic heterocycles. The summed E-state index contributed by atoms with van der Waals surface area (Å²) in [6, 6.07) is 0.142. The van der Waals surface area contributed by atoms with Crippen molar-refractivity contribution in [2.75, 3.05) is 10.6 Å². The molecule has 4 heterocycles. The third kappa shape index (κ3) is 5.47. The zero-order valence-electron chi connectivity index (χ0n) is 22.9. The Hall–Kier alpha value is -3.54. The minimum Gasteiger partial charge on any atom is -0.365 e. The SMILES string of the molecule is CC1CCC(Cn2c(NC(C)c3cnccn3)nc3nc(C4NOC(=O)N4)nc(N[C@H](C)C4CCC4)c32)CC1. The molecule has 12 nitrogen and oxygen atoms in total. The van der Waals surface area contributed by atoms with E-state index in [1.165, 1.54) is 44.9 Å². The van der Waals surface area contributed by atoms with Gasteiger partial charge in [-0.25, -0.2) is 14.8 Å². The summed E-state index contributed by atoms with van der Waals surface area (Å²) >= 11 is 0. The van der Waals surface area contributed by atoms with E-state index in [1.807, 2.05) is 0 Å². The van der Waals surface area contributed by atoms with Crippen molar-refractivity contribution >= 4 is 29.0 Å². The fraction of sp³-hybridized carbons (Fsp3) is 0.630. The van der Waals surface area contributed by atoms with Crippen LogP contribution in [0.2, 0.25) is 0 Å². The van der Waals surface area contributed by atoms with E-state index in [9.17, 15) is 4.79 Å². The normalized spacial score (nSPS) is 25.0. The molecule has 2 unspecified atom stereocenters. The van der Waals surface area contributed by atoms with E-state index in [4.69, 9.17) is 19.8 Å². The Morgan fingerprint density at radius 3 is 2.56 bits per heavy atom. The molecule has 2 aliphatic carbocycles. The Labute approximate surface area is 228 Å². The lowest BCUT2D eigenvalue weighted by molar-refractivity contribution is 0.120. The van der Waals surface area contributed by atoms with E-state index in [2.05, 4.69) is 56.7 Å². The summed E-state index contributed by atoms with van der Waals surface area (Å²) < 4.78 is 2.25. The lowest BCUT2D eigenvalue weighted by Gasteiger charge is -2.32. The molecule has 1 amide bonds. The first-order valence-corrected chi connectivity index (χ1v) is 14.2. The highest BCUT2D eigenvalue weighted by Crippen LogP contribution is 2.36. The van der Waals surface area contributed by atoms with Crippen LogP contribution in [0, 0.1) is 17.8 Å². The van der Waals surface area contributed by atoms with Gasteiger partial charge in [-0.2, -0.15) is 4.98 Å². The zero-order valence-corrected chi connectivity index (χ0v) is 22.9. The largest absolute Gasteiger partial charge is 0.427 e. The summed E-state index contributed by atoms with van der Waals surface area (Å²) in [6.45, 7) is 7.45. The predicted octanol–water partition coefficient (Wildman–Crippen LogP) is 4.46. The highest BCUT2D eigenvalue weighted by atomic mass is 16.7. The molecule has 2 saturated carbocycles. The van der Waals surface area contributed by atoms with Crippen molar-refractivity contribution in [2.45, 2.75) is 90.5 Å². The van der Waals surface area contributed by atoms with Crippen LogP contribution in [0.3, 0.4) is 0 Å². The van der Waals surface area contributed by atoms with Crippen LogP contribution in [0.1, 0.15) is 89.4 Å². The van der Waals surface area contributed by atoms with Crippen LogP contribution in [0.25, 0.3) is 11.2 Å². The minimum atomic E-state index is -0.652. The number of carbonyl (C=O) groups excluding carboxylic acids is 1. The third-order valence-corrected chi connectivity index (χ3v) is 8.58. The Morgan fingerprint density at radius 1 is 1.08 bits per heavy atom. The number of nitrogens with one attached hydrogen (secondary N) is 4. The van der Waals surface area contributed by atoms with E-state index >= 15 is 0 Å². The van der Waals surface area contributed by atoms with Crippen molar-refractivity contribution in [1.29, 1.82) is 0 Å². The van der Waals surface area contributed by atoms with E-state index in [0.29, 0.717) is 23.3 Å². The highest BCUT2D eigenvalue weighted by Gasteiger charge is 2.31. The summed E-state index contributed by atoms with van der Waals surface area (Å²) in [5.74, 6) is 3.80. The van der Waals surface area contributed by atoms with Gasteiger partial charge in [0, 0.05) is 25.0 Å². The van der Waals surface area contributed by atoms with Gasteiger partial charge in [0.05, 0.1) is 17.9 Å². The molecule has 0 spiro atoms. The monoisotopic (exact) mass is 534 g/mol. The van der Waals surface area contributed by atoms with Crippen LogP contribution in [0.5, 0.6) is 0 Å². The highest BCUT2D eigenvalue weighted by molar-refractivity contribution is 5.86. The first kappa shape index (κ1) is 25.7. The van der Waals surface area contributed by atoms with Crippen LogP contribution in [-0.4, -0.2) is 41.6 Å². The van der Waals surface area contributed by atoms with Crippen molar-refractivity contribution in [1.82, 2.24) is 40.3 Å². The molecule has 3 aromatic heterocycles. The van der Waals surface area contributed by atoms with Crippen molar-refractivity contribution in [3.8, 4) is 0 Å². The molecule has 3 atom stereocenters. The topological polar surface area (TPSA) is 144 Å². The average molecular weight is 535 g/mol. The molecule has 39 heavy (non-hydrogen) atoms. The second kappa shape index (κ2) is 10.9. The molecular formula is C27H38N10O2. The average Bonchev–Trinajstić information content (AvgIpc) is 3.48. The molecule has 3 fully saturated rings. The lowest BCUT2D eigenvalue weighted by atomic mass is 9.80. The maximum absolute atomic E-state index is 11.7. The van der Waals surface area contributed by atoms with Crippen molar-refractivity contribution in [3.05, 3.63) is 30.1 Å². The van der Waals surface area contributed by atoms with Gasteiger partial charge >= 0.3 is 6.09 Å². The minimum absolute atomic E-state index is 0.109. The van der Waals surface area contributed by atoms with E-state index in [-0.39, 0.29) is 12.1 Å². The second-order valence-corrected chi connectivity index (χ2v) is 11.5. The summed E-state index contributed by atoms with van der Waals surface area (Å²) in [5, 5.41) is 10.00. The summed E-state index contributed by atoms with van der Waals surface area (Å²) in [6.07, 6.45) is 12.5. The van der Waals surface area contributed by atoms with Gasteiger partial charge in [-0.1, -0.05) is 26.2 Å². The number of anilines is 2. The molecule has 12 heteroatoms. The molecule has 4 N–H and O–H groups in total. The molecule has 0 radical (unpaired) electrons. The van der Waals surface area contributed by atoms with E-state index < -0.39 is 12.3 Å². The summed E-state index contributed by atoms with van der Waals surface area (Å²) in [7, 11) is 0. The number of aromatic nitrogens is 6. The molecular weight excluding hydrogens is 496 g/mol. The van der Waals surface area contributed by atoms with Gasteiger partial charge in [-0.05, 0) is 57.3 Å². The van der Waals surface area contributed by atoms with Crippen molar-refractivity contribution in [2.24, 2.45) is 17.8 Å². The van der Waals surface area contributed by atoms with Crippen LogP contribution in [-0.2, 0) is 11.4 Å². The first-order valence-electron chi connectivity index (χ1n) is 14.2. The number of amides is 1. The lowest BCUT2D eigenvalue weighted by Crippen LogP contribution is -2.32. The van der Waals surface area contributed by atoms with Crippen LogP contribution in [0.4, 0.5) is 16.6 Å².